The van der Waals surface area contributed by atoms with Gasteiger partial charge in [0, 0.05) is 24.9 Å². The van der Waals surface area contributed by atoms with Gasteiger partial charge in [-0.15, -0.1) is 0 Å². The van der Waals surface area contributed by atoms with Crippen molar-refractivity contribution in [2.45, 2.75) is 31.7 Å². The maximum atomic E-state index is 8.97. The Labute approximate surface area is 92.4 Å². The van der Waals surface area contributed by atoms with Gasteiger partial charge in [-0.3, -0.25) is 4.90 Å². The molecule has 82 valence electrons. The Kier molecular flexibility index (Phi) is 6.32. The molecular formula is C11H21NOS. The maximum absolute atomic E-state index is 8.97. The molecule has 0 amide bonds. The summed E-state index contributed by atoms with van der Waals surface area (Å²) in [4.78, 5) is 2.38. The van der Waals surface area contributed by atoms with Crippen LogP contribution in [0.3, 0.4) is 0 Å². The highest BCUT2D eigenvalue weighted by atomic mass is 32.1. The molecule has 0 spiro atoms. The van der Waals surface area contributed by atoms with E-state index in [1.165, 1.54) is 25.7 Å². The van der Waals surface area contributed by atoms with Crippen LogP contribution < -0.4 is 0 Å². The van der Waals surface area contributed by atoms with E-state index in [0.717, 1.165) is 18.8 Å². The summed E-state index contributed by atoms with van der Waals surface area (Å²) in [6.45, 7) is 2.04. The quantitative estimate of drug-likeness (QED) is 0.520. The third-order valence-corrected chi connectivity index (χ3v) is 3.05. The van der Waals surface area contributed by atoms with E-state index in [1.807, 2.05) is 0 Å². The number of nitrogens with zero attached hydrogens (tertiary/aromatic N) is 1. The predicted octanol–water partition coefficient (Wildman–Crippen LogP) is 1.71. The molecule has 0 aromatic heterocycles. The van der Waals surface area contributed by atoms with Crippen LogP contribution in [0.25, 0.3) is 0 Å². The standard InChI is InChI=1S/C11H21NOS/c13-9-8-12(7-3-4-10-14)11-5-1-2-6-11/h3-4,11,13-14H,1-2,5-10H2. The molecule has 1 N–H and O–H groups in total. The van der Waals surface area contributed by atoms with Gasteiger partial charge in [-0.25, -0.2) is 0 Å². The zero-order valence-electron chi connectivity index (χ0n) is 8.73. The first-order chi connectivity index (χ1) is 6.88. The van der Waals surface area contributed by atoms with Crippen molar-refractivity contribution in [2.24, 2.45) is 0 Å². The van der Waals surface area contributed by atoms with Gasteiger partial charge in [0.05, 0.1) is 6.61 Å². The van der Waals surface area contributed by atoms with E-state index in [9.17, 15) is 0 Å². The number of thiol groups is 1. The van der Waals surface area contributed by atoms with Crippen molar-refractivity contribution < 1.29 is 5.11 Å². The number of hydrogen-bond donors (Lipinski definition) is 2. The summed E-state index contributed by atoms with van der Waals surface area (Å²) < 4.78 is 0. The molecule has 0 atom stereocenters. The van der Waals surface area contributed by atoms with Crippen LogP contribution in [0.15, 0.2) is 12.2 Å². The number of aliphatic hydroxyl groups excluding tert-OH is 1. The third-order valence-electron chi connectivity index (χ3n) is 2.84. The van der Waals surface area contributed by atoms with Gasteiger partial charge in [-0.05, 0) is 12.8 Å². The van der Waals surface area contributed by atoms with Crippen LogP contribution in [0.5, 0.6) is 0 Å². The molecule has 0 saturated heterocycles. The van der Waals surface area contributed by atoms with E-state index in [-0.39, 0.29) is 6.61 Å². The molecule has 1 aliphatic rings. The van der Waals surface area contributed by atoms with Gasteiger partial charge < -0.3 is 5.11 Å². The molecule has 0 unspecified atom stereocenters. The molecule has 3 heteroatoms. The Bertz CT molecular complexity index is 167. The minimum atomic E-state index is 0.269. The molecular weight excluding hydrogens is 194 g/mol. The average molecular weight is 215 g/mol. The minimum absolute atomic E-state index is 0.269. The summed E-state index contributed by atoms with van der Waals surface area (Å²) in [6, 6.07) is 0.701. The number of rotatable bonds is 6. The molecule has 1 rings (SSSR count). The first kappa shape index (κ1) is 12.1. The highest BCUT2D eigenvalue weighted by Crippen LogP contribution is 2.22. The lowest BCUT2D eigenvalue weighted by molar-refractivity contribution is 0.165. The summed E-state index contributed by atoms with van der Waals surface area (Å²) in [6.07, 6.45) is 9.53. The lowest BCUT2D eigenvalue weighted by Gasteiger charge is -2.26. The van der Waals surface area contributed by atoms with E-state index in [2.05, 4.69) is 29.7 Å². The van der Waals surface area contributed by atoms with Gasteiger partial charge in [0.25, 0.3) is 0 Å². The fourth-order valence-electron chi connectivity index (χ4n) is 2.11. The van der Waals surface area contributed by atoms with Crippen molar-refractivity contribution >= 4 is 12.6 Å². The summed E-state index contributed by atoms with van der Waals surface area (Å²) >= 11 is 4.13. The second kappa shape index (κ2) is 7.32. The Balaban J connectivity index is 2.33. The SMILES string of the molecule is OCCN(CC=CCS)C1CCCC1. The van der Waals surface area contributed by atoms with Crippen LogP contribution in [0, 0.1) is 0 Å². The van der Waals surface area contributed by atoms with E-state index < -0.39 is 0 Å². The summed E-state index contributed by atoms with van der Waals surface area (Å²) in [7, 11) is 0. The fourth-order valence-corrected chi connectivity index (χ4v) is 2.25. The molecule has 0 bridgehead atoms. The van der Waals surface area contributed by atoms with Crippen molar-refractivity contribution in [3.05, 3.63) is 12.2 Å². The van der Waals surface area contributed by atoms with Gasteiger partial charge in [-0.1, -0.05) is 25.0 Å². The van der Waals surface area contributed by atoms with Crippen molar-refractivity contribution in [1.29, 1.82) is 0 Å². The summed E-state index contributed by atoms with van der Waals surface area (Å²) in [5.41, 5.74) is 0. The van der Waals surface area contributed by atoms with Gasteiger partial charge in [0.15, 0.2) is 0 Å². The summed E-state index contributed by atoms with van der Waals surface area (Å²) in [5.74, 6) is 0.803. The molecule has 0 aromatic carbocycles. The van der Waals surface area contributed by atoms with Crippen LogP contribution >= 0.6 is 12.6 Å². The highest BCUT2D eigenvalue weighted by molar-refractivity contribution is 7.80. The van der Waals surface area contributed by atoms with Crippen molar-refractivity contribution in [2.75, 3.05) is 25.4 Å². The highest BCUT2D eigenvalue weighted by Gasteiger charge is 2.20. The van der Waals surface area contributed by atoms with E-state index in [0.29, 0.717) is 6.04 Å². The molecule has 1 saturated carbocycles. The van der Waals surface area contributed by atoms with Crippen molar-refractivity contribution in [3.8, 4) is 0 Å². The van der Waals surface area contributed by atoms with Gasteiger partial charge >= 0.3 is 0 Å². The van der Waals surface area contributed by atoms with Crippen LogP contribution in [-0.4, -0.2) is 41.5 Å². The van der Waals surface area contributed by atoms with E-state index >= 15 is 0 Å². The Morgan fingerprint density at radius 3 is 2.57 bits per heavy atom. The second-order valence-electron chi connectivity index (χ2n) is 3.81. The molecule has 14 heavy (non-hydrogen) atoms. The van der Waals surface area contributed by atoms with Crippen LogP contribution in [0.4, 0.5) is 0 Å². The largest absolute Gasteiger partial charge is 0.395 e. The van der Waals surface area contributed by atoms with Crippen LogP contribution in [0.1, 0.15) is 25.7 Å². The minimum Gasteiger partial charge on any atom is -0.395 e. The molecule has 0 heterocycles. The summed E-state index contributed by atoms with van der Waals surface area (Å²) in [5, 5.41) is 8.97. The predicted molar refractivity (Wildman–Crippen MR) is 63.9 cm³/mol. The lowest BCUT2D eigenvalue weighted by atomic mass is 10.2. The topological polar surface area (TPSA) is 23.5 Å². The third kappa shape index (κ3) is 4.03. The zero-order valence-corrected chi connectivity index (χ0v) is 9.62. The maximum Gasteiger partial charge on any atom is 0.0558 e. The van der Waals surface area contributed by atoms with Crippen molar-refractivity contribution in [1.82, 2.24) is 4.90 Å². The van der Waals surface area contributed by atoms with Gasteiger partial charge in [0.1, 0.15) is 0 Å². The second-order valence-corrected chi connectivity index (χ2v) is 4.18. The van der Waals surface area contributed by atoms with Crippen LogP contribution in [-0.2, 0) is 0 Å². The normalized spacial score (nSPS) is 18.8. The monoisotopic (exact) mass is 215 g/mol. The molecule has 0 radical (unpaired) electrons. The molecule has 0 aliphatic heterocycles. The number of aliphatic hydroxyl groups is 1. The van der Waals surface area contributed by atoms with E-state index in [1.54, 1.807) is 0 Å². The first-order valence-corrected chi connectivity index (χ1v) is 6.12. The lowest BCUT2D eigenvalue weighted by Crippen LogP contribution is -2.35. The first-order valence-electron chi connectivity index (χ1n) is 5.49. The molecule has 1 fully saturated rings. The smallest absolute Gasteiger partial charge is 0.0558 e. The molecule has 2 nitrogen and oxygen atoms in total. The Morgan fingerprint density at radius 1 is 1.29 bits per heavy atom. The van der Waals surface area contributed by atoms with E-state index in [4.69, 9.17) is 5.11 Å². The van der Waals surface area contributed by atoms with Gasteiger partial charge in [0.2, 0.25) is 0 Å². The van der Waals surface area contributed by atoms with Gasteiger partial charge in [-0.2, -0.15) is 12.6 Å². The molecule has 0 aromatic rings. The molecule has 1 aliphatic carbocycles. The van der Waals surface area contributed by atoms with Crippen molar-refractivity contribution in [3.63, 3.8) is 0 Å². The number of hydrogen-bond acceptors (Lipinski definition) is 3. The van der Waals surface area contributed by atoms with Crippen LogP contribution in [0.2, 0.25) is 0 Å². The Hall–Kier alpha value is 0.01000. The average Bonchev–Trinajstić information content (AvgIpc) is 2.70. The fraction of sp³-hybridized carbons (Fsp3) is 0.818. The zero-order chi connectivity index (χ0) is 10.2. The Morgan fingerprint density at radius 2 is 2.00 bits per heavy atom.